The molecular formula is C12H12ClNO3S. The maximum Gasteiger partial charge on any atom is 0.280 e. The van der Waals surface area contributed by atoms with Crippen molar-refractivity contribution in [1.29, 1.82) is 0 Å². The van der Waals surface area contributed by atoms with Gasteiger partial charge in [0.05, 0.1) is 18.1 Å². The molecule has 96 valence electrons. The van der Waals surface area contributed by atoms with Gasteiger partial charge in [0.2, 0.25) is 0 Å². The molecule has 0 saturated carbocycles. The number of thiazole rings is 1. The van der Waals surface area contributed by atoms with Crippen molar-refractivity contribution in [3.8, 4) is 16.7 Å². The third-order valence-electron chi connectivity index (χ3n) is 2.11. The van der Waals surface area contributed by atoms with E-state index >= 15 is 0 Å². The Bertz CT molecular complexity index is 513. The molecule has 2 aromatic rings. The number of rotatable bonds is 5. The quantitative estimate of drug-likeness (QED) is 0.914. The van der Waals surface area contributed by atoms with Crippen LogP contribution in [-0.4, -0.2) is 16.7 Å². The molecule has 0 aliphatic heterocycles. The topological polar surface area (TPSA) is 51.6 Å². The lowest BCUT2D eigenvalue weighted by Gasteiger charge is -2.04. The minimum atomic E-state index is -0.136. The summed E-state index contributed by atoms with van der Waals surface area (Å²) in [6.45, 7) is 2.42. The van der Waals surface area contributed by atoms with Gasteiger partial charge in [-0.05, 0) is 31.2 Å². The summed E-state index contributed by atoms with van der Waals surface area (Å²) in [6.07, 6.45) is 0. The molecule has 6 heteroatoms. The SMILES string of the molecule is CCOc1ccc(Oc2nc(Cl)c(CO)s2)cc1. The molecule has 0 radical (unpaired) electrons. The van der Waals surface area contributed by atoms with Crippen LogP contribution < -0.4 is 9.47 Å². The van der Waals surface area contributed by atoms with Crippen molar-refractivity contribution in [2.24, 2.45) is 0 Å². The van der Waals surface area contributed by atoms with Crippen LogP contribution in [-0.2, 0) is 6.61 Å². The molecule has 1 N–H and O–H groups in total. The summed E-state index contributed by atoms with van der Waals surface area (Å²) in [7, 11) is 0. The van der Waals surface area contributed by atoms with Gasteiger partial charge in [-0.15, -0.1) is 0 Å². The summed E-state index contributed by atoms with van der Waals surface area (Å²) in [5.41, 5.74) is 0. The summed E-state index contributed by atoms with van der Waals surface area (Å²) in [5.74, 6) is 1.44. The van der Waals surface area contributed by atoms with E-state index in [1.54, 1.807) is 12.1 Å². The average molecular weight is 286 g/mol. The highest BCUT2D eigenvalue weighted by Crippen LogP contribution is 2.32. The highest BCUT2D eigenvalue weighted by molar-refractivity contribution is 7.13. The largest absolute Gasteiger partial charge is 0.494 e. The van der Waals surface area contributed by atoms with Gasteiger partial charge in [-0.2, -0.15) is 4.98 Å². The van der Waals surface area contributed by atoms with E-state index in [0.717, 1.165) is 5.75 Å². The van der Waals surface area contributed by atoms with Crippen LogP contribution in [0.15, 0.2) is 24.3 Å². The number of benzene rings is 1. The van der Waals surface area contributed by atoms with Crippen molar-refractivity contribution in [2.45, 2.75) is 13.5 Å². The maximum absolute atomic E-state index is 9.01. The second-order valence-corrected chi connectivity index (χ2v) is 4.76. The highest BCUT2D eigenvalue weighted by atomic mass is 35.5. The summed E-state index contributed by atoms with van der Waals surface area (Å²) >= 11 is 7.04. The van der Waals surface area contributed by atoms with E-state index < -0.39 is 0 Å². The smallest absolute Gasteiger partial charge is 0.280 e. The van der Waals surface area contributed by atoms with Crippen molar-refractivity contribution in [3.05, 3.63) is 34.3 Å². The number of aromatic nitrogens is 1. The molecule has 0 aliphatic rings. The van der Waals surface area contributed by atoms with Gasteiger partial charge >= 0.3 is 0 Å². The van der Waals surface area contributed by atoms with Crippen molar-refractivity contribution in [1.82, 2.24) is 4.98 Å². The Morgan fingerprint density at radius 1 is 1.28 bits per heavy atom. The fourth-order valence-corrected chi connectivity index (χ4v) is 2.31. The van der Waals surface area contributed by atoms with Gasteiger partial charge in [0, 0.05) is 0 Å². The number of aliphatic hydroxyl groups excluding tert-OH is 1. The van der Waals surface area contributed by atoms with E-state index in [0.29, 0.717) is 22.4 Å². The third kappa shape index (κ3) is 3.13. The minimum Gasteiger partial charge on any atom is -0.494 e. The van der Waals surface area contributed by atoms with Gasteiger partial charge in [-0.1, -0.05) is 22.9 Å². The molecule has 0 spiro atoms. The van der Waals surface area contributed by atoms with Crippen molar-refractivity contribution < 1.29 is 14.6 Å². The molecule has 0 bridgehead atoms. The monoisotopic (exact) mass is 285 g/mol. The lowest BCUT2D eigenvalue weighted by Crippen LogP contribution is -1.90. The standard InChI is InChI=1S/C12H12ClNO3S/c1-2-16-8-3-5-9(6-4-8)17-12-14-11(13)10(7-15)18-12/h3-6,15H,2,7H2,1H3. The van der Waals surface area contributed by atoms with Crippen LogP contribution in [0.3, 0.4) is 0 Å². The van der Waals surface area contributed by atoms with Gasteiger partial charge in [0.1, 0.15) is 16.7 Å². The van der Waals surface area contributed by atoms with E-state index in [4.69, 9.17) is 26.2 Å². The minimum absolute atomic E-state index is 0.136. The number of hydrogen-bond donors (Lipinski definition) is 1. The Kier molecular flexibility index (Phi) is 4.41. The van der Waals surface area contributed by atoms with Crippen LogP contribution in [0.2, 0.25) is 5.15 Å². The molecule has 0 fully saturated rings. The molecule has 1 aromatic heterocycles. The van der Waals surface area contributed by atoms with Gasteiger partial charge < -0.3 is 14.6 Å². The Labute approximate surface area is 114 Å². The number of hydrogen-bond acceptors (Lipinski definition) is 5. The predicted octanol–water partition coefficient (Wildman–Crippen LogP) is 3.48. The molecule has 0 atom stereocenters. The number of ether oxygens (including phenoxy) is 2. The predicted molar refractivity (Wildman–Crippen MR) is 70.7 cm³/mol. The first-order valence-corrected chi connectivity index (χ1v) is 6.59. The first kappa shape index (κ1) is 13.1. The Morgan fingerprint density at radius 3 is 2.50 bits per heavy atom. The van der Waals surface area contributed by atoms with Crippen molar-refractivity contribution >= 4 is 22.9 Å². The van der Waals surface area contributed by atoms with Crippen LogP contribution in [0.1, 0.15) is 11.8 Å². The van der Waals surface area contributed by atoms with Crippen molar-refractivity contribution in [3.63, 3.8) is 0 Å². The molecule has 1 aromatic carbocycles. The second kappa shape index (κ2) is 6.04. The van der Waals surface area contributed by atoms with E-state index in [1.165, 1.54) is 11.3 Å². The number of nitrogens with zero attached hydrogens (tertiary/aromatic N) is 1. The molecular weight excluding hydrogens is 274 g/mol. The molecule has 4 nitrogen and oxygen atoms in total. The fourth-order valence-electron chi connectivity index (χ4n) is 1.33. The molecule has 0 aliphatic carbocycles. The van der Waals surface area contributed by atoms with Crippen LogP contribution in [0.4, 0.5) is 0 Å². The summed E-state index contributed by atoms with van der Waals surface area (Å²) in [4.78, 5) is 4.60. The van der Waals surface area contributed by atoms with Gasteiger partial charge in [0.25, 0.3) is 5.19 Å². The normalized spacial score (nSPS) is 10.4. The van der Waals surface area contributed by atoms with Crippen LogP contribution >= 0.6 is 22.9 Å². The lowest BCUT2D eigenvalue weighted by molar-refractivity contribution is 0.285. The molecule has 1 heterocycles. The Balaban J connectivity index is 2.08. The van der Waals surface area contributed by atoms with Crippen LogP contribution in [0.25, 0.3) is 0 Å². The fraction of sp³-hybridized carbons (Fsp3) is 0.250. The first-order valence-electron chi connectivity index (χ1n) is 5.39. The number of halogens is 1. The lowest BCUT2D eigenvalue weighted by atomic mass is 10.3. The number of aliphatic hydroxyl groups is 1. The highest BCUT2D eigenvalue weighted by Gasteiger charge is 2.10. The Morgan fingerprint density at radius 2 is 1.94 bits per heavy atom. The van der Waals surface area contributed by atoms with Crippen molar-refractivity contribution in [2.75, 3.05) is 6.61 Å². The summed E-state index contributed by atoms with van der Waals surface area (Å²) < 4.78 is 10.9. The molecule has 0 amide bonds. The molecule has 2 rings (SSSR count). The third-order valence-corrected chi connectivity index (χ3v) is 3.46. The maximum atomic E-state index is 9.01. The van der Waals surface area contributed by atoms with E-state index in [2.05, 4.69) is 4.98 Å². The van der Waals surface area contributed by atoms with E-state index in [1.807, 2.05) is 19.1 Å². The summed E-state index contributed by atoms with van der Waals surface area (Å²) in [5, 5.41) is 9.70. The average Bonchev–Trinajstić information content (AvgIpc) is 2.72. The van der Waals surface area contributed by atoms with Gasteiger partial charge in [-0.3, -0.25) is 0 Å². The van der Waals surface area contributed by atoms with E-state index in [9.17, 15) is 0 Å². The zero-order valence-corrected chi connectivity index (χ0v) is 11.3. The zero-order valence-electron chi connectivity index (χ0n) is 9.72. The second-order valence-electron chi connectivity index (χ2n) is 3.36. The van der Waals surface area contributed by atoms with E-state index in [-0.39, 0.29) is 11.8 Å². The van der Waals surface area contributed by atoms with Gasteiger partial charge in [0.15, 0.2) is 0 Å². The van der Waals surface area contributed by atoms with Gasteiger partial charge in [-0.25, -0.2) is 0 Å². The molecule has 0 saturated heterocycles. The first-order chi connectivity index (χ1) is 8.72. The van der Waals surface area contributed by atoms with Crippen LogP contribution in [0, 0.1) is 0 Å². The Hall–Kier alpha value is -1.30. The zero-order chi connectivity index (χ0) is 13.0. The molecule has 18 heavy (non-hydrogen) atoms. The summed E-state index contributed by atoms with van der Waals surface area (Å²) in [6, 6.07) is 7.22. The van der Waals surface area contributed by atoms with Crippen LogP contribution in [0.5, 0.6) is 16.7 Å². The molecule has 0 unspecified atom stereocenters.